The van der Waals surface area contributed by atoms with Gasteiger partial charge in [-0.15, -0.1) is 0 Å². The fraction of sp³-hybridized carbons (Fsp3) is 0.348. The van der Waals surface area contributed by atoms with E-state index in [1.165, 1.54) is 27.5 Å². The molecule has 1 aliphatic heterocycles. The van der Waals surface area contributed by atoms with Crippen LogP contribution >= 0.6 is 0 Å². The zero-order valence-electron chi connectivity index (χ0n) is 18.3. The number of carbonyl (C=O) groups is 2. The molecule has 0 bridgehead atoms. The Morgan fingerprint density at radius 2 is 1.72 bits per heavy atom. The molecule has 2 aromatic carbocycles. The summed E-state index contributed by atoms with van der Waals surface area (Å²) in [4.78, 5) is 27.1. The highest BCUT2D eigenvalue weighted by Crippen LogP contribution is 2.28. The van der Waals surface area contributed by atoms with Crippen LogP contribution in [0.15, 0.2) is 41.5 Å². The molecule has 1 saturated heterocycles. The van der Waals surface area contributed by atoms with Crippen molar-refractivity contribution >= 4 is 18.0 Å². The number of nitrogens with one attached hydrogen (secondary N) is 1. The van der Waals surface area contributed by atoms with Crippen LogP contribution in [0.1, 0.15) is 28.8 Å². The summed E-state index contributed by atoms with van der Waals surface area (Å²) in [7, 11) is 4.52. The van der Waals surface area contributed by atoms with Gasteiger partial charge in [0, 0.05) is 36.2 Å². The Morgan fingerprint density at radius 1 is 1.06 bits per heavy atom. The summed E-state index contributed by atoms with van der Waals surface area (Å²) in [5.74, 6) is 0.755. The summed E-state index contributed by atoms with van der Waals surface area (Å²) in [5.41, 5.74) is 3.42. The molecule has 1 fully saturated rings. The molecule has 9 heteroatoms. The van der Waals surface area contributed by atoms with E-state index in [0.717, 1.165) is 0 Å². The first-order valence-electron chi connectivity index (χ1n) is 10.2. The number of hydrogen-bond donors (Lipinski definition) is 2. The number of nitrogens with zero attached hydrogens (tertiary/aromatic N) is 2. The second kappa shape index (κ2) is 10.5. The minimum absolute atomic E-state index is 0.0472. The van der Waals surface area contributed by atoms with Crippen molar-refractivity contribution in [1.82, 2.24) is 10.3 Å². The molecule has 0 spiro atoms. The molecule has 2 aromatic rings. The van der Waals surface area contributed by atoms with Crippen LogP contribution in [0.5, 0.6) is 23.0 Å². The van der Waals surface area contributed by atoms with Gasteiger partial charge in [-0.2, -0.15) is 5.10 Å². The number of piperidine rings is 1. The molecule has 0 saturated carbocycles. The van der Waals surface area contributed by atoms with Gasteiger partial charge < -0.3 is 24.2 Å². The maximum absolute atomic E-state index is 12.9. The van der Waals surface area contributed by atoms with Crippen molar-refractivity contribution in [2.45, 2.75) is 12.8 Å². The van der Waals surface area contributed by atoms with Gasteiger partial charge in [0.05, 0.1) is 27.5 Å². The lowest BCUT2D eigenvalue weighted by Gasteiger charge is -2.31. The van der Waals surface area contributed by atoms with Crippen molar-refractivity contribution in [3.63, 3.8) is 0 Å². The number of phenolic OH excluding ortho intramolecular Hbond substituents is 1. The van der Waals surface area contributed by atoms with Gasteiger partial charge in [0.15, 0.2) is 11.5 Å². The van der Waals surface area contributed by atoms with Gasteiger partial charge in [0.25, 0.3) is 5.91 Å². The third-order valence-electron chi connectivity index (χ3n) is 5.38. The van der Waals surface area contributed by atoms with Crippen molar-refractivity contribution in [3.05, 3.63) is 47.5 Å². The fourth-order valence-corrected chi connectivity index (χ4v) is 3.52. The maximum Gasteiger partial charge on any atom is 0.254 e. The van der Waals surface area contributed by atoms with Gasteiger partial charge in [0.1, 0.15) is 11.5 Å². The number of likely N-dealkylation sites (tertiary alicyclic amines) is 1. The third-order valence-corrected chi connectivity index (χ3v) is 5.38. The number of amides is 2. The molecular weight excluding hydrogens is 414 g/mol. The Bertz CT molecular complexity index is 977. The standard InChI is InChI=1S/C23H27N3O6/c1-30-18-11-17(12-19(13-18)31-2)23(29)26-9-7-15(8-10-26)22(28)25-24-14-16-5-4-6-20(32-3)21(16)27/h4-6,11-15,27H,7-10H2,1-3H3,(H,25,28)/b24-14-. The number of rotatable bonds is 7. The fourth-order valence-electron chi connectivity index (χ4n) is 3.52. The molecule has 0 atom stereocenters. The molecular formula is C23H27N3O6. The number of methoxy groups -OCH3 is 3. The van der Waals surface area contributed by atoms with E-state index in [1.807, 2.05) is 0 Å². The van der Waals surface area contributed by atoms with Crippen LogP contribution in [0, 0.1) is 5.92 Å². The van der Waals surface area contributed by atoms with Crippen molar-refractivity contribution in [2.24, 2.45) is 11.0 Å². The topological polar surface area (TPSA) is 110 Å². The number of phenols is 1. The maximum atomic E-state index is 12.9. The van der Waals surface area contributed by atoms with Crippen LogP contribution in [-0.2, 0) is 4.79 Å². The van der Waals surface area contributed by atoms with E-state index in [2.05, 4.69) is 10.5 Å². The quantitative estimate of drug-likeness (QED) is 0.505. The Hall–Kier alpha value is -3.75. The van der Waals surface area contributed by atoms with Gasteiger partial charge in [-0.1, -0.05) is 6.07 Å². The second-order valence-electron chi connectivity index (χ2n) is 7.30. The smallest absolute Gasteiger partial charge is 0.254 e. The Balaban J connectivity index is 1.55. The molecule has 3 rings (SSSR count). The van der Waals surface area contributed by atoms with E-state index in [9.17, 15) is 14.7 Å². The number of para-hydroxylation sites is 1. The molecule has 0 aromatic heterocycles. The zero-order chi connectivity index (χ0) is 23.1. The molecule has 1 heterocycles. The second-order valence-corrected chi connectivity index (χ2v) is 7.30. The number of aromatic hydroxyl groups is 1. The summed E-state index contributed by atoms with van der Waals surface area (Å²) in [5, 5.41) is 14.0. The SMILES string of the molecule is COc1cc(OC)cc(C(=O)N2CCC(C(=O)N/N=C\c3cccc(OC)c3O)CC2)c1. The minimum Gasteiger partial charge on any atom is -0.504 e. The van der Waals surface area contributed by atoms with Gasteiger partial charge in [-0.05, 0) is 37.1 Å². The van der Waals surface area contributed by atoms with Crippen LogP contribution in [0.25, 0.3) is 0 Å². The predicted molar refractivity (Wildman–Crippen MR) is 119 cm³/mol. The van der Waals surface area contributed by atoms with Crippen molar-refractivity contribution in [2.75, 3.05) is 34.4 Å². The first-order chi connectivity index (χ1) is 15.5. The van der Waals surface area contributed by atoms with Crippen LogP contribution in [-0.4, -0.2) is 62.5 Å². The van der Waals surface area contributed by atoms with E-state index >= 15 is 0 Å². The number of benzene rings is 2. The van der Waals surface area contributed by atoms with E-state index in [-0.39, 0.29) is 23.5 Å². The highest BCUT2D eigenvalue weighted by atomic mass is 16.5. The Labute approximate surface area is 186 Å². The largest absolute Gasteiger partial charge is 0.504 e. The van der Waals surface area contributed by atoms with Gasteiger partial charge in [0.2, 0.25) is 5.91 Å². The lowest BCUT2D eigenvalue weighted by Crippen LogP contribution is -2.42. The number of ether oxygens (including phenoxy) is 3. The molecule has 170 valence electrons. The number of hydrogen-bond acceptors (Lipinski definition) is 7. The summed E-state index contributed by atoms with van der Waals surface area (Å²) in [6, 6.07) is 10.1. The molecule has 0 unspecified atom stereocenters. The average molecular weight is 441 g/mol. The highest BCUT2D eigenvalue weighted by molar-refractivity contribution is 5.95. The summed E-state index contributed by atoms with van der Waals surface area (Å²) in [6.07, 6.45) is 2.42. The Kier molecular flexibility index (Phi) is 7.54. The molecule has 2 amide bonds. The lowest BCUT2D eigenvalue weighted by molar-refractivity contribution is -0.126. The van der Waals surface area contributed by atoms with Gasteiger partial charge >= 0.3 is 0 Å². The van der Waals surface area contributed by atoms with Crippen LogP contribution in [0.2, 0.25) is 0 Å². The molecule has 0 aliphatic carbocycles. The predicted octanol–water partition coefficient (Wildman–Crippen LogP) is 2.42. The summed E-state index contributed by atoms with van der Waals surface area (Å²) >= 11 is 0. The molecule has 0 radical (unpaired) electrons. The van der Waals surface area contributed by atoms with Gasteiger partial charge in [-0.25, -0.2) is 5.43 Å². The molecule has 1 aliphatic rings. The zero-order valence-corrected chi connectivity index (χ0v) is 18.3. The van der Waals surface area contributed by atoms with Crippen molar-refractivity contribution < 1.29 is 28.9 Å². The highest BCUT2D eigenvalue weighted by Gasteiger charge is 2.28. The van der Waals surface area contributed by atoms with Crippen molar-refractivity contribution in [3.8, 4) is 23.0 Å². The number of carbonyl (C=O) groups excluding carboxylic acids is 2. The molecule has 9 nitrogen and oxygen atoms in total. The lowest BCUT2D eigenvalue weighted by atomic mass is 9.95. The van der Waals surface area contributed by atoms with Crippen LogP contribution in [0.4, 0.5) is 0 Å². The van der Waals surface area contributed by atoms with Crippen molar-refractivity contribution in [1.29, 1.82) is 0 Å². The number of hydrazone groups is 1. The third kappa shape index (κ3) is 5.29. The van der Waals surface area contributed by atoms with E-state index in [1.54, 1.807) is 41.3 Å². The normalized spacial score (nSPS) is 14.3. The summed E-state index contributed by atoms with van der Waals surface area (Å²) in [6.45, 7) is 0.910. The van der Waals surface area contributed by atoms with E-state index in [0.29, 0.717) is 54.3 Å². The van der Waals surface area contributed by atoms with Gasteiger partial charge in [-0.3, -0.25) is 9.59 Å². The van der Waals surface area contributed by atoms with E-state index < -0.39 is 0 Å². The first kappa shape index (κ1) is 22.9. The first-order valence-corrected chi connectivity index (χ1v) is 10.2. The molecule has 2 N–H and O–H groups in total. The van der Waals surface area contributed by atoms with E-state index in [4.69, 9.17) is 14.2 Å². The molecule has 32 heavy (non-hydrogen) atoms. The minimum atomic E-state index is -0.255. The van der Waals surface area contributed by atoms with Crippen LogP contribution in [0.3, 0.4) is 0 Å². The average Bonchev–Trinajstić information content (AvgIpc) is 2.84. The Morgan fingerprint density at radius 3 is 2.31 bits per heavy atom. The monoisotopic (exact) mass is 441 g/mol. The summed E-state index contributed by atoms with van der Waals surface area (Å²) < 4.78 is 15.5. The van der Waals surface area contributed by atoms with Crippen LogP contribution < -0.4 is 19.6 Å².